The first kappa shape index (κ1) is 7.71. The molecule has 8 heavy (non-hydrogen) atoms. The molecule has 1 unspecified atom stereocenters. The van der Waals surface area contributed by atoms with Crippen LogP contribution in [0.4, 0.5) is 13.2 Å². The zero-order valence-corrected chi connectivity index (χ0v) is 3.77. The van der Waals surface area contributed by atoms with Gasteiger partial charge in [0.25, 0.3) is 0 Å². The summed E-state index contributed by atoms with van der Waals surface area (Å²) < 4.78 is 32.9. The summed E-state index contributed by atoms with van der Waals surface area (Å²) >= 11 is 0. The van der Waals surface area contributed by atoms with Gasteiger partial charge in [0, 0.05) is 0 Å². The van der Waals surface area contributed by atoms with Crippen molar-refractivity contribution in [3.63, 3.8) is 0 Å². The Morgan fingerprint density at radius 2 is 1.88 bits per heavy atom. The Morgan fingerprint density at radius 3 is 1.88 bits per heavy atom. The van der Waals surface area contributed by atoms with Crippen LogP contribution in [0, 0.1) is 0 Å². The molecule has 49 valence electrons. The Balaban J connectivity index is 3.62. The van der Waals surface area contributed by atoms with Crippen LogP contribution >= 0.6 is 0 Å². The van der Waals surface area contributed by atoms with Crippen molar-refractivity contribution in [2.75, 3.05) is 6.61 Å². The summed E-state index contributed by atoms with van der Waals surface area (Å²) in [6, 6.07) is 0. The van der Waals surface area contributed by atoms with Gasteiger partial charge < -0.3 is 5.11 Å². The van der Waals surface area contributed by atoms with E-state index in [2.05, 4.69) is 0 Å². The highest BCUT2D eigenvalue weighted by molar-refractivity contribution is 4.61. The highest BCUT2D eigenvalue weighted by atomic mass is 19.4. The predicted octanol–water partition coefficient (Wildman–Crippen LogP) is 0.340. The van der Waals surface area contributed by atoms with E-state index >= 15 is 0 Å². The van der Waals surface area contributed by atoms with Crippen LogP contribution in [0.1, 0.15) is 0 Å². The zero-order chi connectivity index (χ0) is 6.78. The molecule has 0 amide bonds. The molecule has 0 aromatic rings. The minimum absolute atomic E-state index is 1.39. The second-order valence-corrected chi connectivity index (χ2v) is 1.21. The Kier molecular flexibility index (Phi) is 2.24. The number of hydrogen-bond donors (Lipinski definition) is 1. The molecule has 0 saturated heterocycles. The first-order chi connectivity index (χ1) is 3.48. The largest absolute Gasteiger partial charge is 0.420 e. The van der Waals surface area contributed by atoms with E-state index in [4.69, 9.17) is 5.11 Å². The molecule has 0 aliphatic rings. The quantitative estimate of drug-likeness (QED) is 0.544. The van der Waals surface area contributed by atoms with E-state index in [9.17, 15) is 18.3 Å². The SMILES string of the molecule is [O]C(CO)C(F)(F)F. The highest BCUT2D eigenvalue weighted by Crippen LogP contribution is 2.19. The van der Waals surface area contributed by atoms with Crippen LogP contribution in [0.5, 0.6) is 0 Å². The van der Waals surface area contributed by atoms with E-state index in [1.165, 1.54) is 0 Å². The van der Waals surface area contributed by atoms with Gasteiger partial charge in [-0.25, -0.2) is 5.11 Å². The van der Waals surface area contributed by atoms with E-state index < -0.39 is 18.9 Å². The molecule has 0 aromatic carbocycles. The van der Waals surface area contributed by atoms with Gasteiger partial charge in [-0.1, -0.05) is 0 Å². The van der Waals surface area contributed by atoms with Gasteiger partial charge in [-0.2, -0.15) is 13.2 Å². The predicted molar refractivity (Wildman–Crippen MR) is 17.6 cm³/mol. The Hall–Kier alpha value is -0.290. The van der Waals surface area contributed by atoms with E-state index in [1.54, 1.807) is 0 Å². The maximum Gasteiger partial charge on any atom is 0.420 e. The van der Waals surface area contributed by atoms with E-state index in [0.717, 1.165) is 0 Å². The lowest BCUT2D eigenvalue weighted by atomic mass is 10.4. The summed E-state index contributed by atoms with van der Waals surface area (Å²) in [4.78, 5) is 0. The van der Waals surface area contributed by atoms with Crippen molar-refractivity contribution in [1.29, 1.82) is 0 Å². The Bertz CT molecular complexity index is 69.4. The molecule has 0 aromatic heterocycles. The van der Waals surface area contributed by atoms with Crippen LogP contribution in [-0.2, 0) is 5.11 Å². The number of alkyl halides is 3. The van der Waals surface area contributed by atoms with Crippen molar-refractivity contribution >= 4 is 0 Å². The number of hydrogen-bond acceptors (Lipinski definition) is 1. The monoisotopic (exact) mass is 129 g/mol. The van der Waals surface area contributed by atoms with Crippen LogP contribution < -0.4 is 0 Å². The minimum atomic E-state index is -4.80. The fourth-order valence-corrected chi connectivity index (χ4v) is 0.104. The second kappa shape index (κ2) is 2.32. The van der Waals surface area contributed by atoms with Crippen molar-refractivity contribution in [3.8, 4) is 0 Å². The Morgan fingerprint density at radius 1 is 1.50 bits per heavy atom. The molecule has 0 fully saturated rings. The zero-order valence-electron chi connectivity index (χ0n) is 3.77. The van der Waals surface area contributed by atoms with Gasteiger partial charge in [-0.15, -0.1) is 0 Å². The third kappa shape index (κ3) is 2.13. The van der Waals surface area contributed by atoms with E-state index in [-0.39, 0.29) is 0 Å². The van der Waals surface area contributed by atoms with Gasteiger partial charge in [-0.3, -0.25) is 0 Å². The molecule has 0 aliphatic carbocycles. The molecule has 1 atom stereocenters. The Labute approximate surface area is 43.6 Å². The summed E-state index contributed by atoms with van der Waals surface area (Å²) in [5.74, 6) is 0. The standard InChI is InChI=1S/C3H4F3O2/c4-3(5,6)2(8)1-7/h2,7H,1H2. The summed E-state index contributed by atoms with van der Waals surface area (Å²) in [6.45, 7) is -1.39. The summed E-state index contributed by atoms with van der Waals surface area (Å²) in [5.41, 5.74) is 0. The summed E-state index contributed by atoms with van der Waals surface area (Å²) in [7, 11) is 0. The van der Waals surface area contributed by atoms with Crippen LogP contribution in [0.2, 0.25) is 0 Å². The van der Waals surface area contributed by atoms with Gasteiger partial charge in [0.2, 0.25) is 6.10 Å². The first-order valence-corrected chi connectivity index (χ1v) is 1.82. The molecule has 2 nitrogen and oxygen atoms in total. The molecule has 0 aliphatic heterocycles. The van der Waals surface area contributed by atoms with Crippen molar-refractivity contribution in [1.82, 2.24) is 0 Å². The lowest BCUT2D eigenvalue weighted by Crippen LogP contribution is -2.30. The van der Waals surface area contributed by atoms with Gasteiger partial charge in [-0.05, 0) is 0 Å². The van der Waals surface area contributed by atoms with Crippen LogP contribution in [-0.4, -0.2) is 24.0 Å². The average molecular weight is 129 g/mol. The van der Waals surface area contributed by atoms with Crippen LogP contribution in [0.25, 0.3) is 0 Å². The normalized spacial score (nSPS) is 16.1. The highest BCUT2D eigenvalue weighted by Gasteiger charge is 2.39. The lowest BCUT2D eigenvalue weighted by molar-refractivity contribution is -0.230. The third-order valence-corrected chi connectivity index (χ3v) is 0.531. The molecule has 0 spiro atoms. The average Bonchev–Trinajstić information content (AvgIpc) is 1.62. The van der Waals surface area contributed by atoms with Crippen LogP contribution in [0.15, 0.2) is 0 Å². The van der Waals surface area contributed by atoms with Gasteiger partial charge in [0.1, 0.15) is 0 Å². The van der Waals surface area contributed by atoms with Crippen molar-refractivity contribution in [2.45, 2.75) is 12.3 Å². The molecular weight excluding hydrogens is 125 g/mol. The molecule has 0 saturated carbocycles. The third-order valence-electron chi connectivity index (χ3n) is 0.531. The molecule has 5 heteroatoms. The van der Waals surface area contributed by atoms with Crippen molar-refractivity contribution in [3.05, 3.63) is 0 Å². The summed E-state index contributed by atoms with van der Waals surface area (Å²) in [5, 5.41) is 17.2. The van der Waals surface area contributed by atoms with Gasteiger partial charge in [0.05, 0.1) is 6.61 Å². The van der Waals surface area contributed by atoms with Crippen LogP contribution in [0.3, 0.4) is 0 Å². The van der Waals surface area contributed by atoms with E-state index in [0.29, 0.717) is 0 Å². The minimum Gasteiger partial charge on any atom is -0.393 e. The van der Waals surface area contributed by atoms with Gasteiger partial charge >= 0.3 is 6.18 Å². The maximum absolute atomic E-state index is 11.0. The van der Waals surface area contributed by atoms with E-state index in [1.807, 2.05) is 0 Å². The molecule has 0 rings (SSSR count). The lowest BCUT2D eigenvalue weighted by Gasteiger charge is -2.07. The molecule has 0 heterocycles. The molecule has 0 bridgehead atoms. The molecular formula is C3H4F3O2. The van der Waals surface area contributed by atoms with Crippen molar-refractivity contribution in [2.24, 2.45) is 0 Å². The van der Waals surface area contributed by atoms with Crippen molar-refractivity contribution < 1.29 is 23.4 Å². The topological polar surface area (TPSA) is 40.1 Å². The molecule has 1 radical (unpaired) electrons. The first-order valence-electron chi connectivity index (χ1n) is 1.82. The van der Waals surface area contributed by atoms with Gasteiger partial charge in [0.15, 0.2) is 0 Å². The molecule has 1 N–H and O–H groups in total. The smallest absolute Gasteiger partial charge is 0.393 e. The number of rotatable bonds is 1. The number of aliphatic hydroxyl groups is 1. The number of aliphatic hydroxyl groups excluding tert-OH is 1. The second-order valence-electron chi connectivity index (χ2n) is 1.21. The maximum atomic E-state index is 11.0. The number of halogens is 3. The fourth-order valence-electron chi connectivity index (χ4n) is 0.104. The summed E-state index contributed by atoms with van der Waals surface area (Å²) in [6.07, 6.45) is -7.64. The fraction of sp³-hybridized carbons (Fsp3) is 1.00.